The van der Waals surface area contributed by atoms with E-state index in [1.807, 2.05) is 0 Å². The van der Waals surface area contributed by atoms with E-state index in [0.717, 1.165) is 64.2 Å². The fraction of sp³-hybridized carbons (Fsp3) is 0.962. The molecule has 2 spiro atoms. The Kier molecular flexibility index (Phi) is 7.62. The minimum Gasteiger partial charge on any atom is -0.354 e. The van der Waals surface area contributed by atoms with Crippen LogP contribution in [-0.2, 0) is 28.5 Å². The summed E-state index contributed by atoms with van der Waals surface area (Å²) in [5, 5.41) is 3.10. The van der Waals surface area contributed by atoms with Crippen LogP contribution in [0.5, 0.6) is 0 Å². The number of hydrogen-bond donors (Lipinski definition) is 1. The first-order valence-electron chi connectivity index (χ1n) is 13.8. The van der Waals surface area contributed by atoms with Gasteiger partial charge in [-0.3, -0.25) is 4.79 Å². The molecule has 0 unspecified atom stereocenters. The lowest BCUT2D eigenvalue weighted by Crippen LogP contribution is -2.59. The van der Waals surface area contributed by atoms with Crippen molar-refractivity contribution in [3.8, 4) is 0 Å². The van der Waals surface area contributed by atoms with Crippen molar-refractivity contribution in [2.75, 3.05) is 6.54 Å². The molecule has 0 radical (unpaired) electrons. The topological polar surface area (TPSA) is 75.3 Å². The highest BCUT2D eigenvalue weighted by molar-refractivity contribution is 5.81. The number of unbranched alkanes of at least 4 members (excludes halogenated alkanes) is 5. The van der Waals surface area contributed by atoms with Crippen molar-refractivity contribution in [1.29, 1.82) is 0 Å². The Balaban J connectivity index is 1.24. The van der Waals surface area contributed by atoms with E-state index in [-0.39, 0.29) is 18.1 Å². The van der Waals surface area contributed by atoms with E-state index in [0.29, 0.717) is 6.54 Å². The predicted octanol–water partition coefficient (Wildman–Crippen LogP) is 4.71. The molecule has 2 aliphatic carbocycles. The van der Waals surface area contributed by atoms with E-state index in [2.05, 4.69) is 12.2 Å². The van der Waals surface area contributed by atoms with Gasteiger partial charge in [0.05, 0.1) is 0 Å². The highest BCUT2D eigenvalue weighted by atomic mass is 16.9. The summed E-state index contributed by atoms with van der Waals surface area (Å²) in [4.78, 5) is 13.2. The van der Waals surface area contributed by atoms with Crippen LogP contribution in [-0.4, -0.2) is 54.7 Å². The molecule has 5 rings (SSSR count). The van der Waals surface area contributed by atoms with Crippen LogP contribution in [0.25, 0.3) is 0 Å². The zero-order chi connectivity index (χ0) is 22.7. The molecule has 3 aliphatic heterocycles. The second kappa shape index (κ2) is 10.5. The monoisotopic (exact) mass is 465 g/mol. The van der Waals surface area contributed by atoms with Crippen molar-refractivity contribution in [3.05, 3.63) is 0 Å². The SMILES string of the molecule is CCCCCCCCNC(=O)[C@@H]1O[C@@H]2OC3(CCCCC3)O[C@@H]2[C@@H]2OC3(CCCCC3)O[C@@H]21. The molecule has 1 N–H and O–H groups in total. The van der Waals surface area contributed by atoms with Gasteiger partial charge in [0.2, 0.25) is 0 Å². The predicted molar refractivity (Wildman–Crippen MR) is 122 cm³/mol. The van der Waals surface area contributed by atoms with Crippen molar-refractivity contribution in [3.63, 3.8) is 0 Å². The third-order valence-electron chi connectivity index (χ3n) is 8.20. The summed E-state index contributed by atoms with van der Waals surface area (Å²) >= 11 is 0. The van der Waals surface area contributed by atoms with Gasteiger partial charge in [0, 0.05) is 32.2 Å². The Hall–Kier alpha value is -0.730. The molecule has 33 heavy (non-hydrogen) atoms. The van der Waals surface area contributed by atoms with Crippen LogP contribution in [0.1, 0.15) is 110 Å². The van der Waals surface area contributed by atoms with Gasteiger partial charge in [0.1, 0.15) is 18.3 Å². The Morgan fingerprint density at radius 1 is 0.727 bits per heavy atom. The largest absolute Gasteiger partial charge is 0.354 e. The van der Waals surface area contributed by atoms with Crippen LogP contribution in [0, 0.1) is 0 Å². The first-order chi connectivity index (χ1) is 16.1. The smallest absolute Gasteiger partial charge is 0.252 e. The lowest BCUT2D eigenvalue weighted by atomic mass is 9.94. The molecular formula is C26H43NO6. The number of amides is 1. The standard InChI is InChI=1S/C26H43NO6/c1-2-3-4-5-6-13-18-27-23(28)21-19-20(31-25(30-19)14-9-7-10-15-25)22-24(29-21)33-26(32-22)16-11-8-12-17-26/h19-22,24H,2-18H2,1H3,(H,27,28)/t19-,20+,21+,22+,24+/m0/s1. The van der Waals surface area contributed by atoms with Crippen LogP contribution < -0.4 is 5.32 Å². The summed E-state index contributed by atoms with van der Waals surface area (Å²) in [6, 6.07) is 0. The van der Waals surface area contributed by atoms with E-state index >= 15 is 0 Å². The van der Waals surface area contributed by atoms with Gasteiger partial charge < -0.3 is 29.0 Å². The second-order valence-corrected chi connectivity index (χ2v) is 10.8. The first kappa shape index (κ1) is 24.0. The number of hydrogen-bond acceptors (Lipinski definition) is 6. The Bertz CT molecular complexity index is 659. The number of fused-ring (bicyclic) bond motifs is 3. The molecule has 7 heteroatoms. The zero-order valence-corrected chi connectivity index (χ0v) is 20.4. The van der Waals surface area contributed by atoms with Crippen LogP contribution in [0.2, 0.25) is 0 Å². The van der Waals surface area contributed by atoms with Gasteiger partial charge in [-0.2, -0.15) is 0 Å². The molecular weight excluding hydrogens is 422 g/mol. The lowest BCUT2D eigenvalue weighted by molar-refractivity contribution is -0.247. The number of rotatable bonds is 8. The molecule has 3 heterocycles. The van der Waals surface area contributed by atoms with Crippen molar-refractivity contribution in [1.82, 2.24) is 5.32 Å². The Morgan fingerprint density at radius 3 is 2.00 bits per heavy atom. The molecule has 0 aromatic carbocycles. The zero-order valence-electron chi connectivity index (χ0n) is 20.4. The number of carbonyl (C=O) groups excluding carboxylic acids is 1. The molecule has 2 saturated carbocycles. The minimum atomic E-state index is -0.722. The maximum absolute atomic E-state index is 13.2. The van der Waals surface area contributed by atoms with E-state index in [1.165, 1.54) is 38.5 Å². The van der Waals surface area contributed by atoms with Crippen LogP contribution in [0.3, 0.4) is 0 Å². The van der Waals surface area contributed by atoms with Crippen molar-refractivity contribution < 1.29 is 28.5 Å². The first-order valence-corrected chi connectivity index (χ1v) is 13.8. The summed E-state index contributed by atoms with van der Waals surface area (Å²) in [5.41, 5.74) is 0. The Labute approximate surface area is 198 Å². The molecule has 5 fully saturated rings. The summed E-state index contributed by atoms with van der Waals surface area (Å²) in [6.07, 6.45) is 15.0. The molecule has 1 amide bonds. The summed E-state index contributed by atoms with van der Waals surface area (Å²) < 4.78 is 32.4. The maximum Gasteiger partial charge on any atom is 0.252 e. The molecule has 7 nitrogen and oxygen atoms in total. The average Bonchev–Trinajstić information content (AvgIpc) is 3.36. The van der Waals surface area contributed by atoms with Gasteiger partial charge in [0.15, 0.2) is 24.0 Å². The average molecular weight is 466 g/mol. The van der Waals surface area contributed by atoms with Crippen molar-refractivity contribution in [2.45, 2.75) is 152 Å². The van der Waals surface area contributed by atoms with E-state index in [4.69, 9.17) is 23.7 Å². The lowest BCUT2D eigenvalue weighted by Gasteiger charge is -2.36. The number of ether oxygens (including phenoxy) is 5. The van der Waals surface area contributed by atoms with Crippen LogP contribution in [0.4, 0.5) is 0 Å². The number of carbonyl (C=O) groups is 1. The molecule has 5 atom stereocenters. The summed E-state index contributed by atoms with van der Waals surface area (Å²) in [7, 11) is 0. The van der Waals surface area contributed by atoms with Gasteiger partial charge >= 0.3 is 0 Å². The third kappa shape index (κ3) is 5.13. The van der Waals surface area contributed by atoms with Gasteiger partial charge in [-0.1, -0.05) is 51.9 Å². The molecule has 0 bridgehead atoms. The summed E-state index contributed by atoms with van der Waals surface area (Å²) in [6.45, 7) is 2.90. The highest BCUT2D eigenvalue weighted by Crippen LogP contribution is 2.50. The molecule has 188 valence electrons. The highest BCUT2D eigenvalue weighted by Gasteiger charge is 2.65. The quantitative estimate of drug-likeness (QED) is 0.524. The normalized spacial score (nSPS) is 36.6. The van der Waals surface area contributed by atoms with E-state index in [9.17, 15) is 4.79 Å². The van der Waals surface area contributed by atoms with Gasteiger partial charge in [0.25, 0.3) is 5.91 Å². The van der Waals surface area contributed by atoms with Crippen molar-refractivity contribution >= 4 is 5.91 Å². The summed E-state index contributed by atoms with van der Waals surface area (Å²) in [5.74, 6) is -1.30. The second-order valence-electron chi connectivity index (χ2n) is 10.8. The van der Waals surface area contributed by atoms with Gasteiger partial charge in [-0.05, 0) is 32.1 Å². The fourth-order valence-electron chi connectivity index (χ4n) is 6.39. The van der Waals surface area contributed by atoms with E-state index < -0.39 is 30.1 Å². The molecule has 0 aromatic rings. The van der Waals surface area contributed by atoms with Crippen LogP contribution in [0.15, 0.2) is 0 Å². The van der Waals surface area contributed by atoms with Gasteiger partial charge in [-0.15, -0.1) is 0 Å². The fourth-order valence-corrected chi connectivity index (χ4v) is 6.39. The maximum atomic E-state index is 13.2. The van der Waals surface area contributed by atoms with Crippen molar-refractivity contribution in [2.24, 2.45) is 0 Å². The Morgan fingerprint density at radius 2 is 1.30 bits per heavy atom. The molecule has 0 aromatic heterocycles. The van der Waals surface area contributed by atoms with E-state index in [1.54, 1.807) is 0 Å². The van der Waals surface area contributed by atoms with Gasteiger partial charge in [-0.25, -0.2) is 0 Å². The third-order valence-corrected chi connectivity index (χ3v) is 8.20. The minimum absolute atomic E-state index is 0.110. The molecule has 5 aliphatic rings. The number of nitrogens with one attached hydrogen (secondary N) is 1. The molecule has 3 saturated heterocycles. The van der Waals surface area contributed by atoms with Crippen LogP contribution >= 0.6 is 0 Å².